The van der Waals surface area contributed by atoms with E-state index in [4.69, 9.17) is 9.73 Å². The number of rotatable bonds is 6. The number of anilines is 1. The summed E-state index contributed by atoms with van der Waals surface area (Å²) in [5, 5.41) is 4.24. The van der Waals surface area contributed by atoms with E-state index >= 15 is 0 Å². The Morgan fingerprint density at radius 1 is 1.11 bits per heavy atom. The van der Waals surface area contributed by atoms with Gasteiger partial charge in [0, 0.05) is 40.6 Å². The smallest absolute Gasteiger partial charge is 0.262 e. The molecule has 1 aliphatic rings. The summed E-state index contributed by atoms with van der Waals surface area (Å²) in [7, 11) is 1.64. The Morgan fingerprint density at radius 3 is 2.57 bits per heavy atom. The molecule has 0 amide bonds. The van der Waals surface area contributed by atoms with Crippen molar-refractivity contribution in [1.29, 1.82) is 0 Å². The van der Waals surface area contributed by atoms with E-state index < -0.39 is 0 Å². The molecule has 0 aliphatic carbocycles. The van der Waals surface area contributed by atoms with Crippen LogP contribution in [0.3, 0.4) is 0 Å². The van der Waals surface area contributed by atoms with Crippen LogP contribution in [0, 0.1) is 13.8 Å². The minimum absolute atomic E-state index is 0.104. The molecule has 2 N–H and O–H groups in total. The van der Waals surface area contributed by atoms with Crippen molar-refractivity contribution in [1.82, 2.24) is 9.55 Å². The molecule has 0 radical (unpaired) electrons. The molecule has 0 bridgehead atoms. The number of aromatic amines is 1. The quantitative estimate of drug-likeness (QED) is 0.363. The number of benzene rings is 2. The fourth-order valence-corrected chi connectivity index (χ4v) is 4.48. The Kier molecular flexibility index (Phi) is 5.87. The van der Waals surface area contributed by atoms with Crippen molar-refractivity contribution in [3.63, 3.8) is 0 Å². The molecule has 2 aromatic carbocycles. The van der Waals surface area contributed by atoms with Crippen molar-refractivity contribution < 1.29 is 9.53 Å². The van der Waals surface area contributed by atoms with Crippen LogP contribution in [0.4, 0.5) is 5.69 Å². The molecule has 4 aromatic rings. The number of allylic oxidation sites excluding steroid dienone is 1. The Bertz CT molecular complexity index is 1510. The van der Waals surface area contributed by atoms with Gasteiger partial charge in [-0.3, -0.25) is 9.36 Å². The van der Waals surface area contributed by atoms with Crippen LogP contribution in [0.25, 0.3) is 17.0 Å². The molecule has 0 saturated carbocycles. The summed E-state index contributed by atoms with van der Waals surface area (Å²) in [5.41, 5.74) is 7.77. The highest BCUT2D eigenvalue weighted by Gasteiger charge is 2.24. The largest absolute Gasteiger partial charge is 0.494 e. The molecule has 1 aliphatic heterocycles. The molecular weight excluding hydrogens is 436 g/mol. The van der Waals surface area contributed by atoms with E-state index in [2.05, 4.69) is 23.3 Å². The average molecular weight is 465 g/mol. The monoisotopic (exact) mass is 464 g/mol. The molecule has 5 rings (SSSR count). The maximum absolute atomic E-state index is 13.8. The Balaban J connectivity index is 1.62. The van der Waals surface area contributed by atoms with Gasteiger partial charge in [0.15, 0.2) is 0 Å². The second kappa shape index (κ2) is 9.14. The van der Waals surface area contributed by atoms with Crippen LogP contribution in [-0.2, 0) is 4.74 Å². The molecule has 0 saturated heterocycles. The molecule has 35 heavy (non-hydrogen) atoms. The van der Waals surface area contributed by atoms with Crippen LogP contribution in [0.1, 0.15) is 39.9 Å². The zero-order valence-electron chi connectivity index (χ0n) is 20.3. The summed E-state index contributed by atoms with van der Waals surface area (Å²) in [4.78, 5) is 22.0. The number of carbonyl (C=O) groups excluding carboxylic acids is 1. The van der Waals surface area contributed by atoms with E-state index in [1.54, 1.807) is 11.7 Å². The molecule has 6 nitrogen and oxygen atoms in total. The highest BCUT2D eigenvalue weighted by Crippen LogP contribution is 2.29. The van der Waals surface area contributed by atoms with Crippen LogP contribution >= 0.6 is 0 Å². The van der Waals surface area contributed by atoms with Crippen LogP contribution in [0.5, 0.6) is 0 Å². The number of aliphatic imine (C=N–C) groups is 1. The molecule has 6 heteroatoms. The molecule has 0 fully saturated rings. The predicted molar refractivity (Wildman–Crippen MR) is 142 cm³/mol. The summed E-state index contributed by atoms with van der Waals surface area (Å²) in [6.45, 7) is 6.96. The Morgan fingerprint density at radius 2 is 1.89 bits per heavy atom. The Labute approximate surface area is 204 Å². The van der Waals surface area contributed by atoms with Crippen LogP contribution in [0.15, 0.2) is 83.2 Å². The lowest BCUT2D eigenvalue weighted by Gasteiger charge is -2.10. The number of carbonyl (C=O) groups is 1. The standard InChI is InChI=1S/C29H28N4O2/c1-5-30-22-12-10-20(11-13-22)29(34)33-26-9-7-6-8-21(26)15-27(33)24-17-28(35-4)25(32-24)16-23-18(2)14-19(3)31-23/h6-17,30-31H,5H2,1-4H3/b25-16-. The van der Waals surface area contributed by atoms with Crippen LogP contribution < -0.4 is 5.32 Å². The average Bonchev–Trinajstić information content (AvgIpc) is 3.53. The van der Waals surface area contributed by atoms with Crippen LogP contribution in [-0.4, -0.2) is 34.8 Å². The molecular formula is C29H28N4O2. The van der Waals surface area contributed by atoms with Crippen molar-refractivity contribution in [2.45, 2.75) is 20.8 Å². The second-order valence-corrected chi connectivity index (χ2v) is 8.63. The first kappa shape index (κ1) is 22.5. The Hall–Kier alpha value is -4.32. The normalized spacial score (nSPS) is 14.3. The van der Waals surface area contributed by atoms with Gasteiger partial charge in [0.1, 0.15) is 11.5 Å². The second-order valence-electron chi connectivity index (χ2n) is 8.63. The molecule has 176 valence electrons. The van der Waals surface area contributed by atoms with Gasteiger partial charge < -0.3 is 15.0 Å². The minimum atomic E-state index is -0.104. The summed E-state index contributed by atoms with van der Waals surface area (Å²) < 4.78 is 7.40. The first-order chi connectivity index (χ1) is 17.0. The molecule has 3 heterocycles. The number of ether oxygens (including phenoxy) is 1. The van der Waals surface area contributed by atoms with Crippen molar-refractivity contribution in [2.24, 2.45) is 4.99 Å². The first-order valence-corrected chi connectivity index (χ1v) is 11.7. The number of para-hydroxylation sites is 1. The van der Waals surface area contributed by atoms with E-state index in [-0.39, 0.29) is 5.91 Å². The highest BCUT2D eigenvalue weighted by atomic mass is 16.5. The number of nitrogens with zero attached hydrogens (tertiary/aromatic N) is 2. The summed E-state index contributed by atoms with van der Waals surface area (Å²) in [6.07, 6.45) is 3.88. The van der Waals surface area contributed by atoms with Crippen molar-refractivity contribution in [2.75, 3.05) is 19.0 Å². The molecule has 0 spiro atoms. The highest BCUT2D eigenvalue weighted by molar-refractivity contribution is 6.17. The lowest BCUT2D eigenvalue weighted by molar-refractivity contribution is 0.0964. The molecule has 0 atom stereocenters. The van der Waals surface area contributed by atoms with E-state index in [1.807, 2.05) is 80.6 Å². The summed E-state index contributed by atoms with van der Waals surface area (Å²) >= 11 is 0. The summed E-state index contributed by atoms with van der Waals surface area (Å²) in [6, 6.07) is 19.6. The zero-order valence-corrected chi connectivity index (χ0v) is 20.3. The maximum Gasteiger partial charge on any atom is 0.262 e. The van der Waals surface area contributed by atoms with Gasteiger partial charge in [0.25, 0.3) is 5.91 Å². The number of aromatic nitrogens is 2. The van der Waals surface area contributed by atoms with Crippen molar-refractivity contribution in [3.8, 4) is 0 Å². The third kappa shape index (κ3) is 4.19. The zero-order chi connectivity index (χ0) is 24.5. The lowest BCUT2D eigenvalue weighted by Crippen LogP contribution is -2.17. The van der Waals surface area contributed by atoms with E-state index in [9.17, 15) is 4.79 Å². The number of hydrogen-bond acceptors (Lipinski definition) is 4. The SMILES string of the molecule is CCNc1ccc(C(=O)n2c(C3=N/C(=C\c4[nH]c(C)cc4C)C(OC)=C3)cc3ccccc32)cc1. The summed E-state index contributed by atoms with van der Waals surface area (Å²) in [5.74, 6) is 0.554. The van der Waals surface area contributed by atoms with E-state index in [0.717, 1.165) is 45.8 Å². The molecule has 2 aromatic heterocycles. The fraction of sp³-hybridized carbons (Fsp3) is 0.172. The number of hydrogen-bond donors (Lipinski definition) is 2. The van der Waals surface area contributed by atoms with Gasteiger partial charge in [0.05, 0.1) is 24.0 Å². The van der Waals surface area contributed by atoms with Crippen molar-refractivity contribution in [3.05, 3.63) is 106 Å². The van der Waals surface area contributed by atoms with Crippen LogP contribution in [0.2, 0.25) is 0 Å². The number of aryl methyl sites for hydroxylation is 2. The number of fused-ring (bicyclic) bond motifs is 1. The lowest BCUT2D eigenvalue weighted by atomic mass is 10.1. The van der Waals surface area contributed by atoms with Gasteiger partial charge in [-0.2, -0.15) is 0 Å². The third-order valence-electron chi connectivity index (χ3n) is 6.14. The maximum atomic E-state index is 13.8. The number of nitrogens with one attached hydrogen (secondary N) is 2. The van der Waals surface area contributed by atoms with Crippen molar-refractivity contribution >= 4 is 34.3 Å². The topological polar surface area (TPSA) is 71.4 Å². The molecule has 0 unspecified atom stereocenters. The van der Waals surface area contributed by atoms with Gasteiger partial charge >= 0.3 is 0 Å². The number of H-pyrrole nitrogens is 1. The van der Waals surface area contributed by atoms with E-state index in [0.29, 0.717) is 22.7 Å². The third-order valence-corrected chi connectivity index (χ3v) is 6.14. The minimum Gasteiger partial charge on any atom is -0.494 e. The van der Waals surface area contributed by atoms with Gasteiger partial charge in [-0.1, -0.05) is 18.2 Å². The fourth-order valence-electron chi connectivity index (χ4n) is 4.48. The number of methoxy groups -OCH3 is 1. The van der Waals surface area contributed by atoms with E-state index in [1.165, 1.54) is 0 Å². The van der Waals surface area contributed by atoms with Gasteiger partial charge in [-0.05, 0) is 74.9 Å². The van der Waals surface area contributed by atoms with Gasteiger partial charge in [-0.25, -0.2) is 4.99 Å². The van der Waals surface area contributed by atoms with Gasteiger partial charge in [0.2, 0.25) is 0 Å². The predicted octanol–water partition coefficient (Wildman–Crippen LogP) is 6.08. The first-order valence-electron chi connectivity index (χ1n) is 11.7. The van der Waals surface area contributed by atoms with Gasteiger partial charge in [-0.15, -0.1) is 0 Å².